The zero-order valence-corrected chi connectivity index (χ0v) is 15.1. The number of ether oxygens (including phenoxy) is 1. The molecule has 1 N–H and O–H groups in total. The Balaban J connectivity index is 2.71. The summed E-state index contributed by atoms with van der Waals surface area (Å²) in [4.78, 5) is 10.3. The first-order chi connectivity index (χ1) is 8.67. The van der Waals surface area contributed by atoms with E-state index in [4.69, 9.17) is 4.74 Å². The molecular weight excluding hydrogens is 320 g/mol. The molecule has 0 unspecified atom stereocenters. The fourth-order valence-electron chi connectivity index (χ4n) is 1.90. The summed E-state index contributed by atoms with van der Waals surface area (Å²) in [5.74, 6) is 0. The number of methoxy groups -OCH3 is 1. The Hall–Kier alpha value is -0.163. The van der Waals surface area contributed by atoms with Crippen molar-refractivity contribution in [1.29, 1.82) is 0 Å². The molecule has 1 rings (SSSR count). The monoisotopic (exact) mass is 344 g/mol. The molecule has 1 aromatic carbocycles. The zero-order chi connectivity index (χ0) is 14.7. The molecule has 0 saturated carbocycles. The first-order valence-electron chi connectivity index (χ1n) is 6.68. The van der Waals surface area contributed by atoms with Crippen molar-refractivity contribution in [3.8, 4) is 0 Å². The van der Waals surface area contributed by atoms with Gasteiger partial charge in [-0.3, -0.25) is 0 Å². The van der Waals surface area contributed by atoms with Gasteiger partial charge >= 0.3 is 0 Å². The predicted octanol–water partition coefficient (Wildman–Crippen LogP) is 4.89. The summed E-state index contributed by atoms with van der Waals surface area (Å²) in [6.07, 6.45) is 2.00. The molecule has 0 amide bonds. The van der Waals surface area contributed by atoms with E-state index in [1.54, 1.807) is 7.11 Å². The fourth-order valence-corrected chi connectivity index (χ4v) is 2.92. The summed E-state index contributed by atoms with van der Waals surface area (Å²) < 4.78 is 6.68. The van der Waals surface area contributed by atoms with Crippen LogP contribution in [0.5, 0.6) is 0 Å². The smallest absolute Gasteiger partial charge is 0.188 e. The Labute approximate surface area is 126 Å². The fraction of sp³-hybridized carbons (Fsp3) is 0.600. The Morgan fingerprint density at radius 1 is 1.26 bits per heavy atom. The van der Waals surface area contributed by atoms with Crippen LogP contribution in [-0.4, -0.2) is 20.2 Å². The lowest BCUT2D eigenvalue weighted by atomic mass is 9.99. The highest BCUT2D eigenvalue weighted by Crippen LogP contribution is 2.42. The van der Waals surface area contributed by atoms with E-state index in [0.717, 1.165) is 17.3 Å². The van der Waals surface area contributed by atoms with Crippen molar-refractivity contribution in [3.05, 3.63) is 34.3 Å². The second-order valence-electron chi connectivity index (χ2n) is 6.26. The van der Waals surface area contributed by atoms with Gasteiger partial charge in [0.2, 0.25) is 0 Å². The maximum Gasteiger partial charge on any atom is 0.188 e. The van der Waals surface area contributed by atoms with Gasteiger partial charge in [0.15, 0.2) is 8.32 Å². The van der Waals surface area contributed by atoms with Gasteiger partial charge in [-0.1, -0.05) is 41.9 Å². The first-order valence-corrected chi connectivity index (χ1v) is 10.4. The van der Waals surface area contributed by atoms with E-state index in [1.165, 1.54) is 5.56 Å². The van der Waals surface area contributed by atoms with Gasteiger partial charge in [-0.2, -0.15) is 0 Å². The van der Waals surface area contributed by atoms with Crippen LogP contribution < -0.4 is 0 Å². The molecule has 0 aliphatic carbocycles. The highest BCUT2D eigenvalue weighted by atomic mass is 79.9. The van der Waals surface area contributed by atoms with Crippen LogP contribution in [0.15, 0.2) is 28.7 Å². The zero-order valence-electron chi connectivity index (χ0n) is 12.5. The molecule has 0 fully saturated rings. The second kappa shape index (κ2) is 6.53. The van der Waals surface area contributed by atoms with E-state index in [1.807, 2.05) is 25.2 Å². The van der Waals surface area contributed by atoms with Gasteiger partial charge in [0.25, 0.3) is 0 Å². The van der Waals surface area contributed by atoms with Crippen molar-refractivity contribution in [1.82, 2.24) is 0 Å². The Morgan fingerprint density at radius 3 is 2.21 bits per heavy atom. The van der Waals surface area contributed by atoms with Crippen LogP contribution >= 0.6 is 15.9 Å². The summed E-state index contributed by atoms with van der Waals surface area (Å²) in [5.41, 5.74) is 1.19. The molecular formula is C15H25BrO2Si. The van der Waals surface area contributed by atoms with Gasteiger partial charge in [-0.05, 0) is 48.7 Å². The van der Waals surface area contributed by atoms with Crippen molar-refractivity contribution in [2.24, 2.45) is 0 Å². The average molecular weight is 345 g/mol. The summed E-state index contributed by atoms with van der Waals surface area (Å²) in [5, 5.41) is -0.000850. The minimum atomic E-state index is -2.14. The lowest BCUT2D eigenvalue weighted by Crippen LogP contribution is -2.39. The molecule has 2 nitrogen and oxygen atoms in total. The predicted molar refractivity (Wildman–Crippen MR) is 86.9 cm³/mol. The summed E-state index contributed by atoms with van der Waals surface area (Å²) in [6.45, 7) is 8.34. The highest BCUT2D eigenvalue weighted by Gasteiger charge is 2.38. The summed E-state index contributed by atoms with van der Waals surface area (Å²) >= 11 is 3.45. The van der Waals surface area contributed by atoms with Crippen molar-refractivity contribution in [3.63, 3.8) is 0 Å². The van der Waals surface area contributed by atoms with Crippen LogP contribution in [0.4, 0.5) is 0 Å². The van der Waals surface area contributed by atoms with Gasteiger partial charge in [0, 0.05) is 11.6 Å². The molecule has 19 heavy (non-hydrogen) atoms. The third-order valence-electron chi connectivity index (χ3n) is 4.21. The van der Waals surface area contributed by atoms with Crippen LogP contribution in [0.2, 0.25) is 18.1 Å². The number of benzene rings is 1. The van der Waals surface area contributed by atoms with Crippen LogP contribution in [0.3, 0.4) is 0 Å². The molecule has 0 bridgehead atoms. The number of hydrogen-bond acceptors (Lipinski definition) is 2. The number of hydrogen-bond donors (Lipinski definition) is 1. The topological polar surface area (TPSA) is 29.5 Å². The lowest BCUT2D eigenvalue weighted by molar-refractivity contribution is 0.0903. The lowest BCUT2D eigenvalue weighted by Gasteiger charge is -2.36. The third kappa shape index (κ3) is 4.70. The SMILES string of the molecule is CO[C@@H](CCC(C)(C)[Si](C)(C)O)c1ccc(Br)cc1. The summed E-state index contributed by atoms with van der Waals surface area (Å²) in [7, 11) is -0.386. The minimum Gasteiger partial charge on any atom is -0.432 e. The molecule has 4 heteroatoms. The van der Waals surface area contributed by atoms with Crippen LogP contribution in [0.1, 0.15) is 38.4 Å². The third-order valence-corrected chi connectivity index (χ3v) is 8.31. The van der Waals surface area contributed by atoms with Gasteiger partial charge in [-0.25, -0.2) is 0 Å². The van der Waals surface area contributed by atoms with Crippen LogP contribution in [0.25, 0.3) is 0 Å². The number of rotatable bonds is 6. The maximum absolute atomic E-state index is 10.3. The molecule has 1 atom stereocenters. The van der Waals surface area contributed by atoms with E-state index >= 15 is 0 Å². The molecule has 0 aliphatic heterocycles. The maximum atomic E-state index is 10.3. The molecule has 0 spiro atoms. The van der Waals surface area contributed by atoms with E-state index in [2.05, 4.69) is 41.9 Å². The van der Waals surface area contributed by atoms with Gasteiger partial charge in [-0.15, -0.1) is 0 Å². The van der Waals surface area contributed by atoms with E-state index in [0.29, 0.717) is 0 Å². The molecule has 0 aromatic heterocycles. The van der Waals surface area contributed by atoms with Crippen LogP contribution in [-0.2, 0) is 4.74 Å². The first kappa shape index (κ1) is 16.9. The molecule has 108 valence electrons. The van der Waals surface area contributed by atoms with Crippen molar-refractivity contribution in [2.75, 3.05) is 7.11 Å². The van der Waals surface area contributed by atoms with Gasteiger partial charge in [0.05, 0.1) is 6.10 Å². The molecule has 0 aliphatic rings. The van der Waals surface area contributed by atoms with E-state index in [9.17, 15) is 4.80 Å². The Morgan fingerprint density at radius 2 is 1.79 bits per heavy atom. The molecule has 0 heterocycles. The molecule has 1 aromatic rings. The highest BCUT2D eigenvalue weighted by molar-refractivity contribution is 9.10. The largest absolute Gasteiger partial charge is 0.432 e. The van der Waals surface area contributed by atoms with Gasteiger partial charge < -0.3 is 9.53 Å². The molecule has 0 radical (unpaired) electrons. The quantitative estimate of drug-likeness (QED) is 0.744. The molecule has 0 saturated heterocycles. The van der Waals surface area contributed by atoms with Gasteiger partial charge in [0.1, 0.15) is 0 Å². The van der Waals surface area contributed by atoms with E-state index in [-0.39, 0.29) is 11.1 Å². The minimum absolute atomic E-state index is 0.000850. The normalized spacial score (nSPS) is 14.5. The Kier molecular flexibility index (Phi) is 5.80. The van der Waals surface area contributed by atoms with Crippen molar-refractivity contribution >= 4 is 24.2 Å². The van der Waals surface area contributed by atoms with E-state index < -0.39 is 8.32 Å². The average Bonchev–Trinajstić information content (AvgIpc) is 2.30. The summed E-state index contributed by atoms with van der Waals surface area (Å²) in [6, 6.07) is 8.26. The second-order valence-corrected chi connectivity index (χ2v) is 11.6. The van der Waals surface area contributed by atoms with Crippen molar-refractivity contribution < 1.29 is 9.53 Å². The van der Waals surface area contributed by atoms with Crippen LogP contribution in [0, 0.1) is 0 Å². The Bertz CT molecular complexity index is 396. The standard InChI is InChI=1S/C15H25BrO2Si/c1-15(2,19(4,5)17)11-10-14(18-3)12-6-8-13(16)9-7-12/h6-9,14,17H,10-11H2,1-5H3/t14-/m0/s1. The number of halogens is 1. The van der Waals surface area contributed by atoms with Crippen molar-refractivity contribution in [2.45, 2.75) is 50.9 Å².